The lowest BCUT2D eigenvalue weighted by atomic mass is 9.96. The molecule has 34 heavy (non-hydrogen) atoms. The zero-order valence-electron chi connectivity index (χ0n) is 19.6. The Labute approximate surface area is 197 Å². The number of aromatic nitrogens is 3. The van der Waals surface area contributed by atoms with E-state index < -0.39 is 12.2 Å². The second-order valence-electron chi connectivity index (χ2n) is 8.98. The molecule has 0 radical (unpaired) electrons. The first-order valence-corrected chi connectivity index (χ1v) is 11.3. The highest BCUT2D eigenvalue weighted by molar-refractivity contribution is 6.04. The zero-order chi connectivity index (χ0) is 24.5. The Morgan fingerprint density at radius 2 is 1.85 bits per heavy atom. The van der Waals surface area contributed by atoms with Gasteiger partial charge in [0.25, 0.3) is 5.91 Å². The minimum Gasteiger partial charge on any atom is -0.393 e. The van der Waals surface area contributed by atoms with Gasteiger partial charge in [-0.2, -0.15) is 9.61 Å². The second-order valence-corrected chi connectivity index (χ2v) is 8.98. The molecule has 10 nitrogen and oxygen atoms in total. The number of hydrogen-bond donors (Lipinski definition) is 4. The summed E-state index contributed by atoms with van der Waals surface area (Å²) in [7, 11) is 0. The molecule has 4 N–H and O–H groups in total. The average Bonchev–Trinajstić information content (AvgIpc) is 3.19. The number of amides is 2. The number of anilines is 2. The Morgan fingerprint density at radius 1 is 1.18 bits per heavy atom. The van der Waals surface area contributed by atoms with Crippen LogP contribution in [0.3, 0.4) is 0 Å². The third-order valence-corrected chi connectivity index (χ3v) is 6.08. The monoisotopic (exact) mass is 466 g/mol. The molecule has 1 aliphatic rings. The molecule has 0 bridgehead atoms. The van der Waals surface area contributed by atoms with Crippen LogP contribution in [0.1, 0.15) is 48.3 Å². The van der Waals surface area contributed by atoms with Gasteiger partial charge in [-0.3, -0.25) is 9.59 Å². The van der Waals surface area contributed by atoms with E-state index >= 15 is 0 Å². The Hall–Kier alpha value is -3.50. The molecule has 3 heterocycles. The van der Waals surface area contributed by atoms with Crippen molar-refractivity contribution in [1.29, 1.82) is 0 Å². The van der Waals surface area contributed by atoms with E-state index in [1.807, 2.05) is 13.0 Å². The molecule has 1 unspecified atom stereocenters. The number of aliphatic hydroxyl groups is 2. The minimum atomic E-state index is -1.37. The Kier molecular flexibility index (Phi) is 6.54. The molecule has 2 aromatic heterocycles. The van der Waals surface area contributed by atoms with Gasteiger partial charge in [-0.1, -0.05) is 12.1 Å². The highest BCUT2D eigenvalue weighted by atomic mass is 16.3. The Bertz CT molecular complexity index is 1200. The van der Waals surface area contributed by atoms with Crippen molar-refractivity contribution in [1.82, 2.24) is 19.9 Å². The molecule has 2 amide bonds. The van der Waals surface area contributed by atoms with Crippen LogP contribution in [-0.4, -0.2) is 62.4 Å². The van der Waals surface area contributed by atoms with Gasteiger partial charge in [-0.15, -0.1) is 0 Å². The van der Waals surface area contributed by atoms with E-state index in [0.29, 0.717) is 22.6 Å². The summed E-state index contributed by atoms with van der Waals surface area (Å²) in [6.07, 6.45) is 1.63. The lowest BCUT2D eigenvalue weighted by molar-refractivity contribution is -0.119. The van der Waals surface area contributed by atoms with E-state index in [2.05, 4.69) is 25.6 Å². The number of piperidine rings is 1. The highest BCUT2D eigenvalue weighted by Gasteiger charge is 2.24. The number of aliphatic hydroxyl groups excluding tert-OH is 1. The van der Waals surface area contributed by atoms with Gasteiger partial charge in [0, 0.05) is 43.8 Å². The number of nitrogens with zero attached hydrogens (tertiary/aromatic N) is 4. The van der Waals surface area contributed by atoms with E-state index in [0.717, 1.165) is 37.4 Å². The van der Waals surface area contributed by atoms with Crippen LogP contribution in [0.2, 0.25) is 0 Å². The van der Waals surface area contributed by atoms with Crippen LogP contribution in [0.5, 0.6) is 0 Å². The molecule has 1 fully saturated rings. The van der Waals surface area contributed by atoms with Crippen LogP contribution >= 0.6 is 0 Å². The molecule has 10 heteroatoms. The molecule has 1 atom stereocenters. The van der Waals surface area contributed by atoms with Gasteiger partial charge in [0.2, 0.25) is 5.91 Å². The number of benzene rings is 1. The first-order chi connectivity index (χ1) is 16.2. The molecule has 1 saturated heterocycles. The van der Waals surface area contributed by atoms with Crippen molar-refractivity contribution in [3.05, 3.63) is 53.2 Å². The largest absolute Gasteiger partial charge is 0.393 e. The van der Waals surface area contributed by atoms with E-state index in [-0.39, 0.29) is 17.9 Å². The van der Waals surface area contributed by atoms with Crippen molar-refractivity contribution < 1.29 is 19.8 Å². The van der Waals surface area contributed by atoms with Crippen LogP contribution in [0.15, 0.2) is 36.4 Å². The van der Waals surface area contributed by atoms with E-state index in [1.165, 1.54) is 13.8 Å². The third-order valence-electron chi connectivity index (χ3n) is 6.08. The van der Waals surface area contributed by atoms with Crippen molar-refractivity contribution in [2.75, 3.05) is 29.9 Å². The maximum atomic E-state index is 12.9. The predicted molar refractivity (Wildman–Crippen MR) is 128 cm³/mol. The quantitative estimate of drug-likeness (QED) is 0.434. The summed E-state index contributed by atoms with van der Waals surface area (Å²) in [6.45, 7) is 5.99. The van der Waals surface area contributed by atoms with Crippen LogP contribution in [0.25, 0.3) is 5.65 Å². The van der Waals surface area contributed by atoms with Gasteiger partial charge in [0.1, 0.15) is 17.2 Å². The van der Waals surface area contributed by atoms with Gasteiger partial charge >= 0.3 is 0 Å². The summed E-state index contributed by atoms with van der Waals surface area (Å²) in [5.74, 6) is 0.871. The molecular formula is C24H30N6O4. The average molecular weight is 467 g/mol. The number of nitrogens with one attached hydrogen (secondary N) is 2. The smallest absolute Gasteiger partial charge is 0.256 e. The first kappa shape index (κ1) is 23.7. The molecule has 1 aromatic carbocycles. The SMILES string of the molecule is CC(=O)NC1CCN(c2cc(NC(=O)c3ccc(C(C)(O)CO)cc3)nc3cc(C)nn23)CC1. The van der Waals surface area contributed by atoms with Gasteiger partial charge in [-0.05, 0) is 44.4 Å². The van der Waals surface area contributed by atoms with Gasteiger partial charge in [0.05, 0.1) is 12.3 Å². The van der Waals surface area contributed by atoms with Gasteiger partial charge < -0.3 is 25.7 Å². The molecule has 1 aliphatic heterocycles. The highest BCUT2D eigenvalue weighted by Crippen LogP contribution is 2.25. The van der Waals surface area contributed by atoms with Crippen LogP contribution in [0.4, 0.5) is 11.6 Å². The summed E-state index contributed by atoms with van der Waals surface area (Å²) >= 11 is 0. The van der Waals surface area contributed by atoms with Crippen molar-refractivity contribution >= 4 is 29.1 Å². The lowest BCUT2D eigenvalue weighted by Crippen LogP contribution is -2.44. The second kappa shape index (κ2) is 9.40. The molecule has 0 aliphatic carbocycles. The van der Waals surface area contributed by atoms with E-state index in [4.69, 9.17) is 0 Å². The van der Waals surface area contributed by atoms with Crippen LogP contribution < -0.4 is 15.5 Å². The molecule has 0 saturated carbocycles. The molecule has 4 rings (SSSR count). The summed E-state index contributed by atoms with van der Waals surface area (Å²) in [5, 5.41) is 29.9. The van der Waals surface area contributed by atoms with Crippen molar-refractivity contribution in [2.24, 2.45) is 0 Å². The third kappa shape index (κ3) is 5.02. The maximum Gasteiger partial charge on any atom is 0.256 e. The van der Waals surface area contributed by atoms with Crippen LogP contribution in [0, 0.1) is 6.92 Å². The molecular weight excluding hydrogens is 436 g/mol. The first-order valence-electron chi connectivity index (χ1n) is 11.3. The number of carbonyl (C=O) groups excluding carboxylic acids is 2. The number of carbonyl (C=O) groups is 2. The van der Waals surface area contributed by atoms with Gasteiger partial charge in [-0.25, -0.2) is 4.98 Å². The van der Waals surface area contributed by atoms with Crippen molar-refractivity contribution in [3.63, 3.8) is 0 Å². The number of rotatable bonds is 6. The normalized spacial score (nSPS) is 16.3. The molecule has 0 spiro atoms. The Morgan fingerprint density at radius 3 is 2.47 bits per heavy atom. The van der Waals surface area contributed by atoms with Crippen LogP contribution in [-0.2, 0) is 10.4 Å². The molecule has 180 valence electrons. The topological polar surface area (TPSA) is 132 Å². The number of aryl methyl sites for hydroxylation is 1. The standard InChI is InChI=1S/C24H30N6O4/c1-15-12-21-26-20(27-23(33)17-4-6-18(7-5-17)24(3,34)14-31)13-22(30(21)28-15)29-10-8-19(9-11-29)25-16(2)32/h4-7,12-13,19,31,34H,8-11,14H2,1-3H3,(H,25,32)(H,26,27,33). The fourth-order valence-corrected chi connectivity index (χ4v) is 4.16. The summed E-state index contributed by atoms with van der Waals surface area (Å²) in [4.78, 5) is 31.0. The van der Waals surface area contributed by atoms with Crippen molar-refractivity contribution in [3.8, 4) is 0 Å². The summed E-state index contributed by atoms with van der Waals surface area (Å²) < 4.78 is 1.77. The summed E-state index contributed by atoms with van der Waals surface area (Å²) in [6, 6.07) is 10.3. The predicted octanol–water partition coefficient (Wildman–Crippen LogP) is 1.59. The fourth-order valence-electron chi connectivity index (χ4n) is 4.16. The number of hydrogen-bond acceptors (Lipinski definition) is 7. The number of fused-ring (bicyclic) bond motifs is 1. The summed E-state index contributed by atoms with van der Waals surface area (Å²) in [5.41, 5.74) is 0.997. The van der Waals surface area contributed by atoms with Gasteiger partial charge in [0.15, 0.2) is 5.65 Å². The maximum absolute atomic E-state index is 12.9. The fraction of sp³-hybridized carbons (Fsp3) is 0.417. The lowest BCUT2D eigenvalue weighted by Gasteiger charge is -2.33. The molecule has 3 aromatic rings. The van der Waals surface area contributed by atoms with E-state index in [9.17, 15) is 19.8 Å². The van der Waals surface area contributed by atoms with E-state index in [1.54, 1.807) is 34.8 Å². The zero-order valence-corrected chi connectivity index (χ0v) is 19.6. The van der Waals surface area contributed by atoms with Crippen molar-refractivity contribution in [2.45, 2.75) is 45.3 Å². The minimum absolute atomic E-state index is 0.0227. The Balaban J connectivity index is 1.55.